The molecule has 20 heavy (non-hydrogen) atoms. The molecule has 110 valence electrons. The Balaban J connectivity index is 1.89. The fourth-order valence-corrected chi connectivity index (χ4v) is 2.61. The van der Waals surface area contributed by atoms with Crippen LogP contribution in [0.1, 0.15) is 33.1 Å². The van der Waals surface area contributed by atoms with Crippen molar-refractivity contribution in [1.82, 2.24) is 10.3 Å². The number of nitrogens with one attached hydrogen (secondary N) is 1. The Labute approximate surface area is 120 Å². The van der Waals surface area contributed by atoms with Crippen LogP contribution in [-0.2, 0) is 4.79 Å². The molecule has 0 saturated carbocycles. The van der Waals surface area contributed by atoms with Gasteiger partial charge in [0.15, 0.2) is 0 Å². The van der Waals surface area contributed by atoms with E-state index in [1.54, 1.807) is 13.1 Å². The number of hydrogen-bond donors (Lipinski definition) is 2. The summed E-state index contributed by atoms with van der Waals surface area (Å²) in [6.07, 6.45) is 4.34. The van der Waals surface area contributed by atoms with E-state index < -0.39 is 5.54 Å². The van der Waals surface area contributed by atoms with Gasteiger partial charge in [0.1, 0.15) is 5.82 Å². The van der Waals surface area contributed by atoms with Gasteiger partial charge in [-0.25, -0.2) is 4.98 Å². The maximum atomic E-state index is 12.2. The molecule has 1 aromatic heterocycles. The summed E-state index contributed by atoms with van der Waals surface area (Å²) in [5, 5.41) is 3.07. The Hall–Kier alpha value is -1.62. The third-order valence-electron chi connectivity index (χ3n) is 3.78. The van der Waals surface area contributed by atoms with Crippen LogP contribution < -0.4 is 16.0 Å². The number of carbonyl (C=O) groups is 1. The van der Waals surface area contributed by atoms with Gasteiger partial charge in [-0.1, -0.05) is 19.4 Å². The molecule has 5 heteroatoms. The molecule has 1 aliphatic heterocycles. The molecule has 0 bridgehead atoms. The van der Waals surface area contributed by atoms with E-state index in [1.165, 1.54) is 0 Å². The lowest BCUT2D eigenvalue weighted by Crippen LogP contribution is -2.54. The number of anilines is 1. The number of amides is 1. The molecule has 2 unspecified atom stereocenters. The monoisotopic (exact) mass is 276 g/mol. The summed E-state index contributed by atoms with van der Waals surface area (Å²) in [4.78, 5) is 18.7. The van der Waals surface area contributed by atoms with Crippen LogP contribution in [-0.4, -0.2) is 35.6 Å². The van der Waals surface area contributed by atoms with E-state index >= 15 is 0 Å². The van der Waals surface area contributed by atoms with E-state index in [4.69, 9.17) is 5.73 Å². The maximum Gasteiger partial charge on any atom is 0.240 e. The number of carbonyl (C=O) groups excluding carboxylic acids is 1. The van der Waals surface area contributed by atoms with Gasteiger partial charge < -0.3 is 16.0 Å². The molecule has 2 rings (SSSR count). The zero-order chi connectivity index (χ0) is 14.6. The molecule has 1 amide bonds. The van der Waals surface area contributed by atoms with Crippen molar-refractivity contribution in [3.8, 4) is 0 Å². The predicted octanol–water partition coefficient (Wildman–Crippen LogP) is 1.29. The van der Waals surface area contributed by atoms with Crippen LogP contribution in [0.4, 0.5) is 5.82 Å². The second kappa shape index (κ2) is 6.22. The third kappa shape index (κ3) is 3.48. The van der Waals surface area contributed by atoms with Crippen LogP contribution in [0.25, 0.3) is 0 Å². The Bertz CT molecular complexity index is 446. The van der Waals surface area contributed by atoms with Crippen LogP contribution in [0.5, 0.6) is 0 Å². The molecular formula is C15H24N4O. The summed E-state index contributed by atoms with van der Waals surface area (Å²) < 4.78 is 0. The molecule has 0 spiro atoms. The van der Waals surface area contributed by atoms with E-state index in [0.29, 0.717) is 6.42 Å². The van der Waals surface area contributed by atoms with Crippen molar-refractivity contribution >= 4 is 11.7 Å². The van der Waals surface area contributed by atoms with Crippen molar-refractivity contribution < 1.29 is 4.79 Å². The largest absolute Gasteiger partial charge is 0.354 e. The number of rotatable bonds is 5. The Morgan fingerprint density at radius 1 is 1.60 bits per heavy atom. The minimum absolute atomic E-state index is 0.0489. The van der Waals surface area contributed by atoms with Crippen LogP contribution in [0, 0.1) is 0 Å². The molecule has 0 radical (unpaired) electrons. The van der Waals surface area contributed by atoms with E-state index in [9.17, 15) is 4.79 Å². The molecule has 1 aromatic rings. The van der Waals surface area contributed by atoms with Gasteiger partial charge in [0, 0.05) is 25.3 Å². The lowest BCUT2D eigenvalue weighted by atomic mass is 9.96. The first-order valence-corrected chi connectivity index (χ1v) is 7.29. The van der Waals surface area contributed by atoms with Crippen LogP contribution in [0.2, 0.25) is 0 Å². The minimum atomic E-state index is -0.771. The van der Waals surface area contributed by atoms with Gasteiger partial charge in [-0.15, -0.1) is 0 Å². The first-order chi connectivity index (χ1) is 9.53. The first-order valence-electron chi connectivity index (χ1n) is 7.29. The van der Waals surface area contributed by atoms with Gasteiger partial charge in [-0.05, 0) is 31.9 Å². The van der Waals surface area contributed by atoms with E-state index in [1.807, 2.05) is 25.1 Å². The second-order valence-electron chi connectivity index (χ2n) is 5.76. The minimum Gasteiger partial charge on any atom is -0.354 e. The van der Waals surface area contributed by atoms with Crippen molar-refractivity contribution in [3.63, 3.8) is 0 Å². The first kappa shape index (κ1) is 14.8. The molecule has 3 N–H and O–H groups in total. The van der Waals surface area contributed by atoms with E-state index in [-0.39, 0.29) is 11.9 Å². The lowest BCUT2D eigenvalue weighted by molar-refractivity contribution is -0.126. The van der Waals surface area contributed by atoms with Crippen molar-refractivity contribution in [2.75, 3.05) is 18.0 Å². The summed E-state index contributed by atoms with van der Waals surface area (Å²) in [7, 11) is 0. The average molecular weight is 276 g/mol. The number of nitrogens with zero attached hydrogens (tertiary/aromatic N) is 2. The average Bonchev–Trinajstić information content (AvgIpc) is 2.88. The fraction of sp³-hybridized carbons (Fsp3) is 0.600. The van der Waals surface area contributed by atoms with Gasteiger partial charge in [0.2, 0.25) is 5.91 Å². The highest BCUT2D eigenvalue weighted by atomic mass is 16.2. The van der Waals surface area contributed by atoms with Crippen molar-refractivity contribution in [3.05, 3.63) is 24.4 Å². The normalized spacial score (nSPS) is 21.6. The summed E-state index contributed by atoms with van der Waals surface area (Å²) in [6, 6.07) is 6.04. The smallest absolute Gasteiger partial charge is 0.240 e. The number of hydrogen-bond acceptors (Lipinski definition) is 4. The number of pyridine rings is 1. The Morgan fingerprint density at radius 3 is 3.05 bits per heavy atom. The molecule has 0 aromatic carbocycles. The molecule has 5 nitrogen and oxygen atoms in total. The zero-order valence-electron chi connectivity index (χ0n) is 12.3. The second-order valence-corrected chi connectivity index (χ2v) is 5.76. The Kier molecular flexibility index (Phi) is 4.60. The molecule has 2 heterocycles. The topological polar surface area (TPSA) is 71.2 Å². The van der Waals surface area contributed by atoms with Crippen molar-refractivity contribution in [2.24, 2.45) is 5.73 Å². The zero-order valence-corrected chi connectivity index (χ0v) is 12.3. The predicted molar refractivity (Wildman–Crippen MR) is 80.5 cm³/mol. The highest BCUT2D eigenvalue weighted by Gasteiger charge is 2.31. The van der Waals surface area contributed by atoms with Crippen LogP contribution >= 0.6 is 0 Å². The number of aromatic nitrogens is 1. The van der Waals surface area contributed by atoms with Gasteiger partial charge in [-0.3, -0.25) is 4.79 Å². The maximum absolute atomic E-state index is 12.2. The molecule has 1 fully saturated rings. The molecule has 0 aliphatic carbocycles. The highest BCUT2D eigenvalue weighted by molar-refractivity contribution is 5.85. The van der Waals surface area contributed by atoms with Gasteiger partial charge in [0.05, 0.1) is 5.54 Å². The molecule has 1 aliphatic rings. The van der Waals surface area contributed by atoms with Crippen molar-refractivity contribution in [1.29, 1.82) is 0 Å². The Morgan fingerprint density at radius 2 is 2.40 bits per heavy atom. The fourth-order valence-electron chi connectivity index (χ4n) is 2.61. The lowest BCUT2D eigenvalue weighted by Gasteiger charge is -2.25. The quantitative estimate of drug-likeness (QED) is 0.850. The van der Waals surface area contributed by atoms with Crippen molar-refractivity contribution in [2.45, 2.75) is 44.7 Å². The summed E-state index contributed by atoms with van der Waals surface area (Å²) >= 11 is 0. The van der Waals surface area contributed by atoms with Gasteiger partial charge >= 0.3 is 0 Å². The molecule has 1 saturated heterocycles. The highest BCUT2D eigenvalue weighted by Crippen LogP contribution is 2.18. The van der Waals surface area contributed by atoms with Crippen LogP contribution in [0.15, 0.2) is 24.4 Å². The van der Waals surface area contributed by atoms with Crippen LogP contribution in [0.3, 0.4) is 0 Å². The molecule has 2 atom stereocenters. The number of nitrogens with two attached hydrogens (primary N) is 1. The SMILES string of the molecule is CCCC(C)(N)C(=O)NC1CCN(c2ccccn2)C1. The standard InChI is InChI=1S/C15H24N4O/c1-3-8-15(2,16)14(20)18-12-7-10-19(11-12)13-6-4-5-9-17-13/h4-6,9,12H,3,7-8,10-11,16H2,1-2H3,(H,18,20). The van der Waals surface area contributed by atoms with E-state index in [0.717, 1.165) is 31.7 Å². The summed E-state index contributed by atoms with van der Waals surface area (Å²) in [6.45, 7) is 5.55. The summed E-state index contributed by atoms with van der Waals surface area (Å²) in [5.74, 6) is 0.917. The van der Waals surface area contributed by atoms with E-state index in [2.05, 4.69) is 15.2 Å². The van der Waals surface area contributed by atoms with Gasteiger partial charge in [-0.2, -0.15) is 0 Å². The molecular weight excluding hydrogens is 252 g/mol. The third-order valence-corrected chi connectivity index (χ3v) is 3.78. The van der Waals surface area contributed by atoms with Gasteiger partial charge in [0.25, 0.3) is 0 Å². The summed E-state index contributed by atoms with van der Waals surface area (Å²) in [5.41, 5.74) is 5.29.